The number of rotatable bonds is 2. The second kappa shape index (κ2) is 3.50. The third-order valence-electron chi connectivity index (χ3n) is 2.11. The van der Waals surface area contributed by atoms with Crippen LogP contribution in [-0.4, -0.2) is 13.3 Å². The Morgan fingerprint density at radius 2 is 2.13 bits per heavy atom. The van der Waals surface area contributed by atoms with Crippen LogP contribution in [0.1, 0.15) is 5.56 Å². The van der Waals surface area contributed by atoms with Crippen molar-refractivity contribution in [3.8, 4) is 11.5 Å². The van der Waals surface area contributed by atoms with Gasteiger partial charge >= 0.3 is 0 Å². The summed E-state index contributed by atoms with van der Waals surface area (Å²) >= 11 is 5.76. The van der Waals surface area contributed by atoms with Gasteiger partial charge in [-0.2, -0.15) is 8.78 Å². The van der Waals surface area contributed by atoms with Crippen molar-refractivity contribution in [2.45, 2.75) is 5.92 Å². The van der Waals surface area contributed by atoms with Crippen LogP contribution >= 0.6 is 11.6 Å². The van der Waals surface area contributed by atoms with Crippen LogP contribution in [0.2, 0.25) is 5.02 Å². The lowest BCUT2D eigenvalue weighted by Crippen LogP contribution is -2.24. The highest BCUT2D eigenvalue weighted by Crippen LogP contribution is 2.43. The van der Waals surface area contributed by atoms with E-state index in [2.05, 4.69) is 0 Å². The zero-order valence-corrected chi connectivity index (χ0v) is 8.35. The van der Waals surface area contributed by atoms with Crippen LogP contribution in [0.4, 0.5) is 8.78 Å². The van der Waals surface area contributed by atoms with E-state index in [1.54, 1.807) is 0 Å². The first kappa shape index (κ1) is 10.4. The Kier molecular flexibility index (Phi) is 2.44. The Morgan fingerprint density at radius 3 is 2.80 bits per heavy atom. The number of benzene rings is 1. The lowest BCUT2D eigenvalue weighted by Gasteiger charge is -2.15. The monoisotopic (exact) mass is 235 g/mol. The first-order chi connectivity index (χ1) is 7.04. The molecule has 6 heteroatoms. The average molecular weight is 236 g/mol. The molecule has 1 aromatic rings. The van der Waals surface area contributed by atoms with E-state index in [4.69, 9.17) is 26.8 Å². The van der Waals surface area contributed by atoms with Crippen LogP contribution < -0.4 is 15.2 Å². The highest BCUT2D eigenvalue weighted by atomic mass is 35.5. The number of hydrogen-bond acceptors (Lipinski definition) is 3. The van der Waals surface area contributed by atoms with Crippen molar-refractivity contribution in [2.75, 3.05) is 13.3 Å². The summed E-state index contributed by atoms with van der Waals surface area (Å²) in [6.07, 6.45) is 0. The molecule has 0 spiro atoms. The van der Waals surface area contributed by atoms with E-state index >= 15 is 0 Å². The van der Waals surface area contributed by atoms with E-state index < -0.39 is 12.5 Å². The second-order valence-corrected chi connectivity index (χ2v) is 3.51. The summed E-state index contributed by atoms with van der Waals surface area (Å²) in [5, 5.41) is 0.105. The fraction of sp³-hybridized carbons (Fsp3) is 0.333. The predicted octanol–water partition coefficient (Wildman–Crippen LogP) is 2.12. The van der Waals surface area contributed by atoms with Crippen LogP contribution in [0.3, 0.4) is 0 Å². The molecule has 0 amide bonds. The summed E-state index contributed by atoms with van der Waals surface area (Å²) in [4.78, 5) is 0. The third-order valence-corrected chi connectivity index (χ3v) is 2.39. The maximum Gasteiger partial charge on any atom is 0.285 e. The largest absolute Gasteiger partial charge is 0.454 e. The Morgan fingerprint density at radius 1 is 1.40 bits per heavy atom. The fourth-order valence-corrected chi connectivity index (χ4v) is 1.56. The van der Waals surface area contributed by atoms with Gasteiger partial charge in [-0.25, -0.2) is 0 Å². The van der Waals surface area contributed by atoms with Gasteiger partial charge < -0.3 is 15.2 Å². The highest BCUT2D eigenvalue weighted by Gasteiger charge is 2.32. The molecule has 1 aromatic carbocycles. The number of ether oxygens (including phenoxy) is 2. The van der Waals surface area contributed by atoms with E-state index in [0.717, 1.165) is 6.07 Å². The molecule has 3 nitrogen and oxygen atoms in total. The summed E-state index contributed by atoms with van der Waals surface area (Å²) in [7, 11) is 0. The number of nitrogens with two attached hydrogens (primary N) is 1. The molecule has 0 bridgehead atoms. The molecule has 82 valence electrons. The predicted molar refractivity (Wildman–Crippen MR) is 50.5 cm³/mol. The Hall–Kier alpha value is -1.07. The lowest BCUT2D eigenvalue weighted by atomic mass is 10.1. The van der Waals surface area contributed by atoms with Crippen molar-refractivity contribution >= 4 is 11.6 Å². The summed E-state index contributed by atoms with van der Waals surface area (Å²) in [6, 6.07) is 2.34. The molecule has 1 aliphatic rings. The fourth-order valence-electron chi connectivity index (χ4n) is 1.30. The van der Waals surface area contributed by atoms with Crippen LogP contribution in [0.15, 0.2) is 12.1 Å². The molecule has 0 fully saturated rings. The summed E-state index contributed by atoms with van der Waals surface area (Å²) in [6.45, 7) is -0.782. The van der Waals surface area contributed by atoms with Gasteiger partial charge in [0.25, 0.3) is 5.92 Å². The van der Waals surface area contributed by atoms with E-state index in [1.807, 2.05) is 0 Å². The minimum absolute atomic E-state index is 0.00724. The first-order valence-corrected chi connectivity index (χ1v) is 4.60. The molecule has 0 saturated heterocycles. The van der Waals surface area contributed by atoms with Crippen molar-refractivity contribution in [3.05, 3.63) is 22.7 Å². The van der Waals surface area contributed by atoms with Crippen LogP contribution in [-0.2, 0) is 5.92 Å². The maximum atomic E-state index is 13.3. The van der Waals surface area contributed by atoms with Gasteiger partial charge in [0, 0.05) is 5.56 Å². The van der Waals surface area contributed by atoms with Crippen molar-refractivity contribution in [3.63, 3.8) is 0 Å². The minimum atomic E-state index is -3.11. The second-order valence-electron chi connectivity index (χ2n) is 3.10. The molecular formula is C9H8ClF2NO2. The van der Waals surface area contributed by atoms with Crippen LogP contribution in [0.25, 0.3) is 0 Å². The zero-order valence-electron chi connectivity index (χ0n) is 7.60. The third kappa shape index (κ3) is 1.72. The van der Waals surface area contributed by atoms with E-state index in [9.17, 15) is 8.78 Å². The van der Waals surface area contributed by atoms with Gasteiger partial charge in [0.05, 0.1) is 11.6 Å². The molecule has 2 rings (SSSR count). The van der Waals surface area contributed by atoms with E-state index in [1.165, 1.54) is 6.07 Å². The number of halogens is 3. The van der Waals surface area contributed by atoms with Gasteiger partial charge in [0.15, 0.2) is 11.5 Å². The average Bonchev–Trinajstić information content (AvgIpc) is 2.66. The molecule has 0 radical (unpaired) electrons. The van der Waals surface area contributed by atoms with Gasteiger partial charge in [-0.15, -0.1) is 0 Å². The Balaban J connectivity index is 2.48. The number of fused-ring (bicyclic) bond motifs is 1. The lowest BCUT2D eigenvalue weighted by molar-refractivity contribution is 0.00578. The Labute approximate surface area is 89.7 Å². The molecule has 0 saturated carbocycles. The zero-order chi connectivity index (χ0) is 11.1. The van der Waals surface area contributed by atoms with E-state index in [-0.39, 0.29) is 23.1 Å². The molecule has 0 unspecified atom stereocenters. The van der Waals surface area contributed by atoms with Crippen molar-refractivity contribution < 1.29 is 18.3 Å². The van der Waals surface area contributed by atoms with E-state index in [0.29, 0.717) is 5.75 Å². The van der Waals surface area contributed by atoms with Gasteiger partial charge in [-0.05, 0) is 12.1 Å². The van der Waals surface area contributed by atoms with Gasteiger partial charge in [-0.1, -0.05) is 11.6 Å². The number of hydrogen-bond donors (Lipinski definition) is 1. The normalized spacial score (nSPS) is 14.4. The topological polar surface area (TPSA) is 44.5 Å². The molecule has 15 heavy (non-hydrogen) atoms. The van der Waals surface area contributed by atoms with Gasteiger partial charge in [-0.3, -0.25) is 0 Å². The maximum absolute atomic E-state index is 13.3. The summed E-state index contributed by atoms with van der Waals surface area (Å²) in [5.74, 6) is -2.58. The molecule has 2 N–H and O–H groups in total. The number of alkyl halides is 2. The SMILES string of the molecule is NCC(F)(F)c1cc(Cl)c2c(c1)OCO2. The molecule has 0 atom stereocenters. The molecule has 0 aliphatic carbocycles. The quantitative estimate of drug-likeness (QED) is 0.854. The molecule has 1 heterocycles. The molecule has 1 aliphatic heterocycles. The van der Waals surface area contributed by atoms with Gasteiger partial charge in [0.1, 0.15) is 0 Å². The minimum Gasteiger partial charge on any atom is -0.454 e. The van der Waals surface area contributed by atoms with Gasteiger partial charge in [0.2, 0.25) is 6.79 Å². The Bertz CT molecular complexity index is 398. The highest BCUT2D eigenvalue weighted by molar-refractivity contribution is 6.32. The molecular weight excluding hydrogens is 228 g/mol. The van der Waals surface area contributed by atoms with Crippen LogP contribution in [0, 0.1) is 0 Å². The van der Waals surface area contributed by atoms with Crippen molar-refractivity contribution in [1.29, 1.82) is 0 Å². The standard InChI is InChI=1S/C9H8ClF2NO2/c10-6-1-5(9(11,12)3-13)2-7-8(6)15-4-14-7/h1-2H,3-4,13H2. The van der Waals surface area contributed by atoms with Crippen LogP contribution in [0.5, 0.6) is 11.5 Å². The summed E-state index contributed by atoms with van der Waals surface area (Å²) < 4.78 is 36.5. The first-order valence-electron chi connectivity index (χ1n) is 4.22. The van der Waals surface area contributed by atoms with Crippen molar-refractivity contribution in [1.82, 2.24) is 0 Å². The smallest absolute Gasteiger partial charge is 0.285 e. The molecule has 0 aromatic heterocycles. The van der Waals surface area contributed by atoms with Crippen molar-refractivity contribution in [2.24, 2.45) is 5.73 Å². The summed E-state index contributed by atoms with van der Waals surface area (Å²) in [5.41, 5.74) is 4.70.